The number of halogens is 2. The first-order chi connectivity index (χ1) is 23.1. The van der Waals surface area contributed by atoms with E-state index in [4.69, 9.17) is 32.7 Å². The number of nitrogens with zero attached hydrogens (tertiary/aromatic N) is 5. The summed E-state index contributed by atoms with van der Waals surface area (Å²) in [5, 5.41) is 5.89. The van der Waals surface area contributed by atoms with Crippen molar-refractivity contribution in [1.82, 2.24) is 24.8 Å². The fourth-order valence-corrected chi connectivity index (χ4v) is 5.33. The molecular weight excluding hydrogens is 657 g/mol. The van der Waals surface area contributed by atoms with Gasteiger partial charge in [0.25, 0.3) is 11.9 Å². The summed E-state index contributed by atoms with van der Waals surface area (Å²) >= 11 is 13.2. The first-order valence-electron chi connectivity index (χ1n) is 14.6. The molecule has 0 saturated carbocycles. The molecule has 0 aliphatic heterocycles. The van der Waals surface area contributed by atoms with Crippen LogP contribution in [0.25, 0.3) is 17.1 Å². The first kappa shape index (κ1) is 33.9. The van der Waals surface area contributed by atoms with Crippen LogP contribution in [0.1, 0.15) is 27.2 Å². The molecule has 0 fully saturated rings. The first-order valence-corrected chi connectivity index (χ1v) is 15.3. The molecule has 3 aromatic heterocycles. The number of anilines is 2. The van der Waals surface area contributed by atoms with Crippen LogP contribution in [0.5, 0.6) is 11.8 Å². The summed E-state index contributed by atoms with van der Waals surface area (Å²) in [6, 6.07) is 15.9. The second-order valence-electron chi connectivity index (χ2n) is 10.5. The summed E-state index contributed by atoms with van der Waals surface area (Å²) in [5.74, 6) is -0.366. The lowest BCUT2D eigenvalue weighted by Crippen LogP contribution is -2.37. The monoisotopic (exact) mass is 687 g/mol. The van der Waals surface area contributed by atoms with Gasteiger partial charge in [0.15, 0.2) is 0 Å². The van der Waals surface area contributed by atoms with Crippen LogP contribution in [-0.2, 0) is 23.2 Å². The average Bonchev–Trinajstić information content (AvgIpc) is 3.42. The number of benzene rings is 2. The quantitative estimate of drug-likeness (QED) is 0.171. The van der Waals surface area contributed by atoms with Crippen molar-refractivity contribution in [2.45, 2.75) is 13.5 Å². The van der Waals surface area contributed by atoms with E-state index < -0.39 is 11.8 Å². The molecule has 0 unspecified atom stereocenters. The summed E-state index contributed by atoms with van der Waals surface area (Å²) < 4.78 is 13.2. The number of carbonyl (C=O) groups is 3. The second kappa shape index (κ2) is 15.0. The number of rotatable bonds is 11. The van der Waals surface area contributed by atoms with Crippen LogP contribution in [0.4, 0.5) is 11.5 Å². The zero-order valence-electron chi connectivity index (χ0n) is 26.5. The summed E-state index contributed by atoms with van der Waals surface area (Å²) in [6.07, 6.45) is 5.94. The molecule has 0 aliphatic rings. The van der Waals surface area contributed by atoms with Gasteiger partial charge in [0.2, 0.25) is 11.8 Å². The summed E-state index contributed by atoms with van der Waals surface area (Å²) in [4.78, 5) is 52.1. The van der Waals surface area contributed by atoms with E-state index >= 15 is 0 Å². The summed E-state index contributed by atoms with van der Waals surface area (Å²) in [5.41, 5.74) is 3.98. The van der Waals surface area contributed by atoms with Gasteiger partial charge in [0, 0.05) is 48.8 Å². The van der Waals surface area contributed by atoms with Gasteiger partial charge >= 0.3 is 0 Å². The number of aromatic nitrogens is 4. The number of para-hydroxylation sites is 1. The third-order valence-electron chi connectivity index (χ3n) is 7.41. The van der Waals surface area contributed by atoms with Crippen LogP contribution < -0.4 is 25.0 Å². The molecular formula is C34H31Cl2N7O5. The van der Waals surface area contributed by atoms with Gasteiger partial charge in [-0.25, -0.2) is 4.98 Å². The number of imidazole rings is 1. The predicted octanol–water partition coefficient (Wildman–Crippen LogP) is 5.61. The van der Waals surface area contributed by atoms with E-state index in [1.807, 2.05) is 19.2 Å². The highest BCUT2D eigenvalue weighted by Crippen LogP contribution is 2.36. The van der Waals surface area contributed by atoms with Crippen molar-refractivity contribution in [3.05, 3.63) is 105 Å². The zero-order valence-corrected chi connectivity index (χ0v) is 28.0. The van der Waals surface area contributed by atoms with E-state index in [9.17, 15) is 14.4 Å². The Labute approximate surface area is 286 Å². The number of ether oxygens (including phenoxy) is 2. The smallest absolute Gasteiger partial charge is 0.296 e. The average molecular weight is 689 g/mol. The number of hydrogen-bond donors (Lipinski definition) is 2. The third-order valence-corrected chi connectivity index (χ3v) is 8.19. The molecule has 3 heterocycles. The Bertz CT molecular complexity index is 2030. The van der Waals surface area contributed by atoms with Gasteiger partial charge in [-0.3, -0.25) is 23.9 Å². The van der Waals surface area contributed by atoms with Crippen molar-refractivity contribution in [1.29, 1.82) is 0 Å². The maximum absolute atomic E-state index is 13.0. The minimum atomic E-state index is -0.488. The molecule has 48 heavy (non-hydrogen) atoms. The molecule has 5 aromatic rings. The molecule has 246 valence electrons. The number of methoxy groups -OCH3 is 1. The molecule has 2 N–H and O–H groups in total. The van der Waals surface area contributed by atoms with Crippen LogP contribution in [0.15, 0.2) is 73.1 Å². The Morgan fingerprint density at radius 3 is 2.58 bits per heavy atom. The Morgan fingerprint density at radius 2 is 1.85 bits per heavy atom. The van der Waals surface area contributed by atoms with E-state index in [0.717, 1.165) is 5.52 Å². The maximum atomic E-state index is 13.0. The SMILES string of the molecule is COc1nc2c(OCc3c(Cl)ccc(N(C)C(=O)CNC(=O)C=Cc4ccc(NC(=O)c5cccnc5C)nc4)c3Cl)cccc2n1C. The van der Waals surface area contributed by atoms with Gasteiger partial charge in [-0.15, -0.1) is 0 Å². The second-order valence-corrected chi connectivity index (χ2v) is 11.3. The van der Waals surface area contributed by atoms with E-state index in [1.54, 1.807) is 74.3 Å². The van der Waals surface area contributed by atoms with Gasteiger partial charge < -0.3 is 25.0 Å². The number of amides is 3. The largest absolute Gasteiger partial charge is 0.486 e. The van der Waals surface area contributed by atoms with Gasteiger partial charge in [0.1, 0.15) is 23.7 Å². The number of pyridine rings is 2. The Morgan fingerprint density at radius 1 is 1.04 bits per heavy atom. The highest BCUT2D eigenvalue weighted by atomic mass is 35.5. The Hall–Kier alpha value is -5.46. The fourth-order valence-electron chi connectivity index (χ4n) is 4.73. The normalized spacial score (nSPS) is 11.0. The van der Waals surface area contributed by atoms with Crippen molar-refractivity contribution >= 4 is 69.5 Å². The molecule has 0 spiro atoms. The van der Waals surface area contributed by atoms with Crippen molar-refractivity contribution in [2.75, 3.05) is 30.9 Å². The number of nitrogens with one attached hydrogen (secondary N) is 2. The van der Waals surface area contributed by atoms with Crippen molar-refractivity contribution in [3.8, 4) is 11.8 Å². The number of aryl methyl sites for hydroxylation is 2. The number of carbonyl (C=O) groups excluding carboxylic acids is 3. The molecule has 0 radical (unpaired) electrons. The topological polar surface area (TPSA) is 141 Å². The van der Waals surface area contributed by atoms with E-state index in [-0.39, 0.29) is 24.1 Å². The number of likely N-dealkylation sites (N-methyl/N-ethyl adjacent to an activating group) is 1. The third kappa shape index (κ3) is 7.56. The van der Waals surface area contributed by atoms with Gasteiger partial charge in [-0.2, -0.15) is 4.98 Å². The highest BCUT2D eigenvalue weighted by Gasteiger charge is 2.20. The van der Waals surface area contributed by atoms with Crippen LogP contribution in [-0.4, -0.2) is 57.9 Å². The lowest BCUT2D eigenvalue weighted by molar-refractivity contribution is -0.122. The van der Waals surface area contributed by atoms with Crippen molar-refractivity contribution in [3.63, 3.8) is 0 Å². The molecule has 0 saturated heterocycles. The van der Waals surface area contributed by atoms with Crippen LogP contribution in [0.2, 0.25) is 10.0 Å². The maximum Gasteiger partial charge on any atom is 0.296 e. The number of hydrogen-bond acceptors (Lipinski definition) is 8. The molecule has 5 rings (SSSR count). The van der Waals surface area contributed by atoms with Gasteiger partial charge in [0.05, 0.1) is 35.4 Å². The van der Waals surface area contributed by atoms with Crippen LogP contribution in [0, 0.1) is 6.92 Å². The van der Waals surface area contributed by atoms with Gasteiger partial charge in [-0.1, -0.05) is 29.3 Å². The van der Waals surface area contributed by atoms with E-state index in [0.29, 0.717) is 56.2 Å². The lowest BCUT2D eigenvalue weighted by atomic mass is 10.2. The van der Waals surface area contributed by atoms with E-state index in [2.05, 4.69) is 25.6 Å². The van der Waals surface area contributed by atoms with Crippen molar-refractivity contribution < 1.29 is 23.9 Å². The molecule has 2 aromatic carbocycles. The Kier molecular flexibility index (Phi) is 10.6. The minimum Gasteiger partial charge on any atom is -0.486 e. The molecule has 14 heteroatoms. The summed E-state index contributed by atoms with van der Waals surface area (Å²) in [7, 11) is 4.93. The summed E-state index contributed by atoms with van der Waals surface area (Å²) in [6.45, 7) is 1.47. The molecule has 0 atom stereocenters. The molecule has 3 amide bonds. The van der Waals surface area contributed by atoms with Crippen molar-refractivity contribution in [2.24, 2.45) is 7.05 Å². The fraction of sp³-hybridized carbons (Fsp3) is 0.176. The zero-order chi connectivity index (χ0) is 34.4. The van der Waals surface area contributed by atoms with Crippen LogP contribution >= 0.6 is 23.2 Å². The van der Waals surface area contributed by atoms with Crippen LogP contribution in [0.3, 0.4) is 0 Å². The molecule has 0 bridgehead atoms. The van der Waals surface area contributed by atoms with Gasteiger partial charge in [-0.05, 0) is 67.1 Å². The Balaban J connectivity index is 1.16. The molecule has 0 aliphatic carbocycles. The van der Waals surface area contributed by atoms with E-state index in [1.165, 1.54) is 23.2 Å². The number of fused-ring (bicyclic) bond motifs is 1. The standard InChI is InChI=1S/C34H31Cl2N7O5/c1-20-22(7-6-16-37-20)33(46)40-28-14-10-21(17-38-28)11-15-29(44)39-18-30(45)42(2)25-13-12-24(35)23(31(25)36)19-48-27-9-5-8-26-32(27)41-34(47-4)43(26)3/h5-17H,18-19H2,1-4H3,(H,39,44)(H,38,40,46). The minimum absolute atomic E-state index is 0.0133. The highest BCUT2D eigenvalue weighted by molar-refractivity contribution is 6.38. The molecule has 12 nitrogen and oxygen atoms in total. The predicted molar refractivity (Wildman–Crippen MR) is 185 cm³/mol. The lowest BCUT2D eigenvalue weighted by Gasteiger charge is -2.21.